The van der Waals surface area contributed by atoms with Crippen LogP contribution in [0.15, 0.2) is 71.2 Å². The molecule has 1 aliphatic carbocycles. The number of hydrogen-bond donors (Lipinski definition) is 0. The smallest absolute Gasteiger partial charge is 0.331 e. The van der Waals surface area contributed by atoms with Crippen molar-refractivity contribution in [2.45, 2.75) is 45.5 Å². The molecule has 0 spiro atoms. The van der Waals surface area contributed by atoms with Gasteiger partial charge in [0.1, 0.15) is 29.3 Å². The zero-order valence-corrected chi connectivity index (χ0v) is 17.5. The molecular weight excluding hydrogens is 380 g/mol. The molecule has 0 saturated carbocycles. The van der Waals surface area contributed by atoms with Gasteiger partial charge in [0.05, 0.1) is 23.0 Å². The highest BCUT2D eigenvalue weighted by atomic mass is 16.6. The summed E-state index contributed by atoms with van der Waals surface area (Å²) in [5.41, 5.74) is 2.37. The molecule has 0 radical (unpaired) electrons. The van der Waals surface area contributed by atoms with Crippen LogP contribution in [0.4, 0.5) is 0 Å². The fraction of sp³-hybridized carbons (Fsp3) is 0.360. The molecule has 0 amide bonds. The van der Waals surface area contributed by atoms with E-state index >= 15 is 0 Å². The van der Waals surface area contributed by atoms with Crippen molar-refractivity contribution in [3.8, 4) is 0 Å². The third-order valence-corrected chi connectivity index (χ3v) is 6.29. The zero-order valence-electron chi connectivity index (χ0n) is 17.5. The summed E-state index contributed by atoms with van der Waals surface area (Å²) in [6.07, 6.45) is 4.42. The molecule has 3 aliphatic heterocycles. The predicted octanol–water partition coefficient (Wildman–Crippen LogP) is 4.12. The van der Waals surface area contributed by atoms with Gasteiger partial charge in [-0.25, -0.2) is 4.79 Å². The quantitative estimate of drug-likeness (QED) is 0.659. The van der Waals surface area contributed by atoms with E-state index in [0.29, 0.717) is 17.1 Å². The van der Waals surface area contributed by atoms with Gasteiger partial charge in [-0.3, -0.25) is 4.79 Å². The SMILES string of the molecule is C[C@@H]1C(=O)C2=C(O[C@@H]1C)C1=C(OC(C)(C)C=C1)[C@H]1C(c3ccccc3)=CC(=O)O[C@H]21. The van der Waals surface area contributed by atoms with E-state index in [0.717, 1.165) is 16.7 Å². The Bertz CT molecular complexity index is 1070. The molecule has 0 bridgehead atoms. The van der Waals surface area contributed by atoms with Crippen LogP contribution >= 0.6 is 0 Å². The van der Waals surface area contributed by atoms with Gasteiger partial charge < -0.3 is 14.2 Å². The van der Waals surface area contributed by atoms with Crippen molar-refractivity contribution >= 4 is 17.3 Å². The minimum atomic E-state index is -0.767. The summed E-state index contributed by atoms with van der Waals surface area (Å²) in [6.45, 7) is 7.69. The predicted molar refractivity (Wildman–Crippen MR) is 111 cm³/mol. The van der Waals surface area contributed by atoms with Gasteiger partial charge in [-0.1, -0.05) is 37.3 Å². The number of Topliss-reactive ketones (excluding diaryl/α,β-unsaturated/α-hetero) is 1. The molecule has 0 unspecified atom stereocenters. The molecule has 5 nitrogen and oxygen atoms in total. The highest BCUT2D eigenvalue weighted by molar-refractivity contribution is 6.04. The Labute approximate surface area is 175 Å². The number of rotatable bonds is 1. The monoisotopic (exact) mass is 404 g/mol. The van der Waals surface area contributed by atoms with Gasteiger partial charge in [0.15, 0.2) is 5.78 Å². The van der Waals surface area contributed by atoms with Gasteiger partial charge in [0.25, 0.3) is 0 Å². The summed E-state index contributed by atoms with van der Waals surface area (Å²) in [5.74, 6) is -0.0575. The van der Waals surface area contributed by atoms with Crippen molar-refractivity contribution in [3.05, 3.63) is 76.8 Å². The van der Waals surface area contributed by atoms with E-state index in [-0.39, 0.29) is 17.8 Å². The molecule has 4 aliphatic rings. The Morgan fingerprint density at radius 1 is 1.00 bits per heavy atom. The van der Waals surface area contributed by atoms with E-state index < -0.39 is 23.6 Å². The Kier molecular flexibility index (Phi) is 4.07. The maximum Gasteiger partial charge on any atom is 0.331 e. The fourth-order valence-corrected chi connectivity index (χ4v) is 4.56. The van der Waals surface area contributed by atoms with E-state index in [1.807, 2.05) is 70.2 Å². The van der Waals surface area contributed by atoms with Crippen molar-refractivity contribution in [3.63, 3.8) is 0 Å². The highest BCUT2D eigenvalue weighted by Crippen LogP contribution is 2.51. The maximum atomic E-state index is 13.3. The molecule has 30 heavy (non-hydrogen) atoms. The second-order valence-electron chi connectivity index (χ2n) is 8.84. The standard InChI is InChI=1S/C25H24O5/c1-13-14(2)28-22-16-10-11-25(3,4)30-23(16)19-17(15-8-6-5-7-9-15)12-18(26)29-24(19)20(22)21(13)27/h5-14,19,24H,1-4H3/t13-,14+,19+,24-/m0/s1. The minimum absolute atomic E-state index is 0.0364. The average Bonchev–Trinajstić information content (AvgIpc) is 2.71. The van der Waals surface area contributed by atoms with Crippen LogP contribution in [0.5, 0.6) is 0 Å². The van der Waals surface area contributed by atoms with Crippen LogP contribution in [-0.4, -0.2) is 29.6 Å². The van der Waals surface area contributed by atoms with Gasteiger partial charge in [-0.15, -0.1) is 0 Å². The Morgan fingerprint density at radius 2 is 1.73 bits per heavy atom. The van der Waals surface area contributed by atoms with Crippen molar-refractivity contribution < 1.29 is 23.8 Å². The first kappa shape index (κ1) is 18.9. The lowest BCUT2D eigenvalue weighted by Gasteiger charge is -2.45. The molecule has 0 aromatic heterocycles. The van der Waals surface area contributed by atoms with Crippen LogP contribution in [0.1, 0.15) is 33.3 Å². The first-order valence-electron chi connectivity index (χ1n) is 10.3. The number of esters is 1. The number of ketones is 1. The maximum absolute atomic E-state index is 13.3. The van der Waals surface area contributed by atoms with Crippen molar-refractivity contribution in [2.24, 2.45) is 11.8 Å². The first-order valence-corrected chi connectivity index (χ1v) is 10.3. The molecule has 1 aromatic rings. The molecule has 3 heterocycles. The van der Waals surface area contributed by atoms with E-state index in [1.165, 1.54) is 6.08 Å². The van der Waals surface area contributed by atoms with Crippen molar-refractivity contribution in [1.29, 1.82) is 0 Å². The molecular formula is C25H24O5. The van der Waals surface area contributed by atoms with Crippen LogP contribution in [0.25, 0.3) is 5.57 Å². The summed E-state index contributed by atoms with van der Waals surface area (Å²) in [5, 5.41) is 0. The van der Waals surface area contributed by atoms with E-state index in [4.69, 9.17) is 14.2 Å². The van der Waals surface area contributed by atoms with Gasteiger partial charge in [-0.05, 0) is 44.1 Å². The van der Waals surface area contributed by atoms with Gasteiger partial charge >= 0.3 is 5.97 Å². The number of benzene rings is 1. The van der Waals surface area contributed by atoms with Gasteiger partial charge in [0.2, 0.25) is 0 Å². The number of ether oxygens (including phenoxy) is 3. The minimum Gasteiger partial charge on any atom is -0.489 e. The Balaban J connectivity index is 1.75. The molecule has 0 fully saturated rings. The van der Waals surface area contributed by atoms with Crippen LogP contribution < -0.4 is 0 Å². The molecule has 5 rings (SSSR count). The average molecular weight is 404 g/mol. The second kappa shape index (κ2) is 6.46. The zero-order chi connectivity index (χ0) is 21.2. The Morgan fingerprint density at radius 3 is 2.47 bits per heavy atom. The number of hydrogen-bond acceptors (Lipinski definition) is 5. The van der Waals surface area contributed by atoms with Gasteiger partial charge in [-0.2, -0.15) is 0 Å². The Hall–Kier alpha value is -3.08. The summed E-state index contributed by atoms with van der Waals surface area (Å²) < 4.78 is 18.4. The lowest BCUT2D eigenvalue weighted by atomic mass is 9.72. The van der Waals surface area contributed by atoms with Gasteiger partial charge in [0, 0.05) is 6.08 Å². The number of carbonyl (C=O) groups is 2. The third kappa shape index (κ3) is 2.76. The van der Waals surface area contributed by atoms with Crippen LogP contribution in [-0.2, 0) is 23.8 Å². The molecule has 4 atom stereocenters. The molecule has 1 aromatic carbocycles. The first-order chi connectivity index (χ1) is 14.3. The van der Waals surface area contributed by atoms with E-state index in [1.54, 1.807) is 0 Å². The normalized spacial score (nSPS) is 31.7. The van der Waals surface area contributed by atoms with E-state index in [9.17, 15) is 9.59 Å². The summed E-state index contributed by atoms with van der Waals surface area (Å²) in [6, 6.07) is 9.70. The summed E-state index contributed by atoms with van der Waals surface area (Å²) in [7, 11) is 0. The second-order valence-corrected chi connectivity index (χ2v) is 8.84. The largest absolute Gasteiger partial charge is 0.489 e. The van der Waals surface area contributed by atoms with Crippen molar-refractivity contribution in [2.75, 3.05) is 0 Å². The number of carbonyl (C=O) groups excluding carboxylic acids is 2. The number of allylic oxidation sites excluding steroid dienone is 1. The molecule has 154 valence electrons. The van der Waals surface area contributed by atoms with Crippen LogP contribution in [0.2, 0.25) is 0 Å². The van der Waals surface area contributed by atoms with E-state index in [2.05, 4.69) is 0 Å². The van der Waals surface area contributed by atoms with Crippen LogP contribution in [0.3, 0.4) is 0 Å². The van der Waals surface area contributed by atoms with Crippen molar-refractivity contribution in [1.82, 2.24) is 0 Å². The molecule has 0 saturated heterocycles. The molecule has 5 heteroatoms. The highest BCUT2D eigenvalue weighted by Gasteiger charge is 2.52. The lowest BCUT2D eigenvalue weighted by molar-refractivity contribution is -0.146. The van der Waals surface area contributed by atoms with Crippen LogP contribution in [0, 0.1) is 11.8 Å². The molecule has 0 N–H and O–H groups in total. The number of fused-ring (bicyclic) bond motifs is 4. The fourth-order valence-electron chi connectivity index (χ4n) is 4.56. The third-order valence-electron chi connectivity index (χ3n) is 6.29. The lowest BCUT2D eigenvalue weighted by Crippen LogP contribution is -2.47. The summed E-state index contributed by atoms with van der Waals surface area (Å²) >= 11 is 0. The summed E-state index contributed by atoms with van der Waals surface area (Å²) in [4.78, 5) is 25.9. The topological polar surface area (TPSA) is 61.8 Å².